The molecule has 3 atom stereocenters. The lowest BCUT2D eigenvalue weighted by atomic mass is 10.0. The van der Waals surface area contributed by atoms with E-state index in [0.717, 1.165) is 17.6 Å². The smallest absolute Gasteiger partial charge is 0.246 e. The van der Waals surface area contributed by atoms with Gasteiger partial charge in [0.1, 0.15) is 19.4 Å². The number of hydrogen-bond donors (Lipinski definition) is 2. The quantitative estimate of drug-likeness (QED) is 0.432. The van der Waals surface area contributed by atoms with Crippen LogP contribution in [0.15, 0.2) is 64.3 Å². The lowest BCUT2D eigenvalue weighted by Crippen LogP contribution is -2.24. The number of oxime groups is 1. The summed E-state index contributed by atoms with van der Waals surface area (Å²) in [5.41, 5.74) is 9.71. The van der Waals surface area contributed by atoms with Gasteiger partial charge in [0.2, 0.25) is 5.89 Å². The highest BCUT2D eigenvalue weighted by Crippen LogP contribution is 2.28. The van der Waals surface area contributed by atoms with Crippen LogP contribution in [0, 0.1) is 0 Å². The van der Waals surface area contributed by atoms with Crippen LogP contribution in [0.2, 0.25) is 0 Å². The Labute approximate surface area is 192 Å². The molecule has 4 rings (SSSR count). The summed E-state index contributed by atoms with van der Waals surface area (Å²) in [4.78, 5) is 21.5. The first kappa shape index (κ1) is 24.2. The first-order valence-electron chi connectivity index (χ1n) is 10.6. The molecule has 0 radical (unpaired) electrons. The Morgan fingerprint density at radius 1 is 1.21 bits per heavy atom. The normalized spacial score (nSPS) is 18.9. The fourth-order valence-electron chi connectivity index (χ4n) is 3.43. The van der Waals surface area contributed by atoms with Crippen LogP contribution in [0.4, 0.5) is 0 Å². The molecule has 3 aromatic rings. The van der Waals surface area contributed by atoms with E-state index in [2.05, 4.69) is 32.3 Å². The summed E-state index contributed by atoms with van der Waals surface area (Å²) in [5.74, 6) is 0.797. The number of nitrogens with two attached hydrogens (primary N) is 1. The SMILES string of the molecule is CON=C1CC(c2noc(C(N)[C@@H](C)O)n2)N(C)C1.O=Cc1ccc(-c2ccccc2)cc1. The van der Waals surface area contributed by atoms with Gasteiger partial charge in [-0.05, 0) is 25.1 Å². The van der Waals surface area contributed by atoms with Crippen molar-refractivity contribution in [3.63, 3.8) is 0 Å². The van der Waals surface area contributed by atoms with Crippen LogP contribution in [0.25, 0.3) is 11.1 Å². The van der Waals surface area contributed by atoms with Crippen molar-refractivity contribution in [2.45, 2.75) is 31.5 Å². The van der Waals surface area contributed by atoms with Gasteiger partial charge in [0.15, 0.2) is 5.82 Å². The molecule has 0 amide bonds. The highest BCUT2D eigenvalue weighted by Gasteiger charge is 2.32. The van der Waals surface area contributed by atoms with E-state index in [4.69, 9.17) is 15.1 Å². The summed E-state index contributed by atoms with van der Waals surface area (Å²) in [6, 6.07) is 17.0. The molecule has 1 aliphatic rings. The molecule has 0 saturated carbocycles. The van der Waals surface area contributed by atoms with Crippen LogP contribution in [0.1, 0.15) is 47.5 Å². The van der Waals surface area contributed by atoms with Crippen molar-refractivity contribution in [3.05, 3.63) is 71.9 Å². The van der Waals surface area contributed by atoms with Crippen LogP contribution in [-0.4, -0.2) is 59.0 Å². The minimum Gasteiger partial charge on any atom is -0.399 e. The van der Waals surface area contributed by atoms with Gasteiger partial charge in [0, 0.05) is 18.5 Å². The van der Waals surface area contributed by atoms with Gasteiger partial charge in [-0.25, -0.2) is 0 Å². The van der Waals surface area contributed by atoms with Gasteiger partial charge < -0.3 is 20.2 Å². The van der Waals surface area contributed by atoms with Crippen molar-refractivity contribution in [2.75, 3.05) is 20.7 Å². The Bertz CT molecular complexity index is 1050. The van der Waals surface area contributed by atoms with E-state index >= 15 is 0 Å². The number of carbonyl (C=O) groups is 1. The number of likely N-dealkylation sites (tertiary alicyclic amines) is 1. The van der Waals surface area contributed by atoms with E-state index < -0.39 is 12.1 Å². The number of benzene rings is 2. The van der Waals surface area contributed by atoms with E-state index in [0.29, 0.717) is 24.4 Å². The molecule has 1 saturated heterocycles. The van der Waals surface area contributed by atoms with E-state index in [1.807, 2.05) is 49.5 Å². The average Bonchev–Trinajstić information content (AvgIpc) is 3.46. The summed E-state index contributed by atoms with van der Waals surface area (Å²) in [5, 5.41) is 17.3. The molecule has 0 bridgehead atoms. The number of aliphatic hydroxyl groups is 1. The first-order valence-corrected chi connectivity index (χ1v) is 10.6. The van der Waals surface area contributed by atoms with Crippen LogP contribution < -0.4 is 5.73 Å². The fourth-order valence-corrected chi connectivity index (χ4v) is 3.43. The standard InChI is InChI=1S/C13H10O.C11H19N5O3/c14-10-11-6-8-13(9-7-11)12-4-2-1-3-5-12;1-6(17)9(12)11-13-10(15-19-11)8-4-7(14-18-3)5-16(8)2/h1-10H;6,8-9,17H,4-5,12H2,1-3H3/t;6-,8?,9?/m.1/s1. The summed E-state index contributed by atoms with van der Waals surface area (Å²) in [6.45, 7) is 2.28. The largest absolute Gasteiger partial charge is 0.399 e. The molecule has 9 heteroatoms. The topological polar surface area (TPSA) is 127 Å². The van der Waals surface area contributed by atoms with Gasteiger partial charge in [-0.1, -0.05) is 64.9 Å². The average molecular weight is 452 g/mol. The Kier molecular flexibility index (Phi) is 8.42. The zero-order valence-corrected chi connectivity index (χ0v) is 19.0. The Morgan fingerprint density at radius 2 is 1.88 bits per heavy atom. The number of hydrogen-bond acceptors (Lipinski definition) is 9. The minimum absolute atomic E-state index is 0.00685. The van der Waals surface area contributed by atoms with E-state index in [1.54, 1.807) is 6.92 Å². The molecule has 3 N–H and O–H groups in total. The molecule has 0 aliphatic carbocycles. The molecule has 2 aromatic carbocycles. The third kappa shape index (κ3) is 6.32. The Morgan fingerprint density at radius 3 is 2.48 bits per heavy atom. The highest BCUT2D eigenvalue weighted by atomic mass is 16.6. The number of aromatic nitrogens is 2. The molecule has 33 heavy (non-hydrogen) atoms. The Hall–Kier alpha value is -3.40. The minimum atomic E-state index is -0.736. The molecule has 174 valence electrons. The molecule has 2 unspecified atom stereocenters. The van der Waals surface area contributed by atoms with E-state index in [1.165, 1.54) is 12.7 Å². The van der Waals surface area contributed by atoms with Crippen molar-refractivity contribution in [3.8, 4) is 11.1 Å². The predicted molar refractivity (Wildman–Crippen MR) is 125 cm³/mol. The zero-order chi connectivity index (χ0) is 23.8. The van der Waals surface area contributed by atoms with Crippen molar-refractivity contribution >= 4 is 12.0 Å². The second kappa shape index (κ2) is 11.5. The maximum absolute atomic E-state index is 10.5. The molecule has 1 aliphatic heterocycles. The van der Waals surface area contributed by atoms with Gasteiger partial charge in [0.05, 0.1) is 17.9 Å². The van der Waals surface area contributed by atoms with Crippen molar-refractivity contribution < 1.29 is 19.3 Å². The summed E-state index contributed by atoms with van der Waals surface area (Å²) < 4.78 is 5.10. The van der Waals surface area contributed by atoms with Gasteiger partial charge in [-0.3, -0.25) is 9.69 Å². The lowest BCUT2D eigenvalue weighted by molar-refractivity contribution is 0.112. The summed E-state index contributed by atoms with van der Waals surface area (Å²) >= 11 is 0. The van der Waals surface area contributed by atoms with Crippen LogP contribution in [-0.2, 0) is 4.84 Å². The molecule has 9 nitrogen and oxygen atoms in total. The van der Waals surface area contributed by atoms with Crippen molar-refractivity contribution in [2.24, 2.45) is 10.9 Å². The monoisotopic (exact) mass is 451 g/mol. The summed E-state index contributed by atoms with van der Waals surface area (Å²) in [6.07, 6.45) is 0.808. The molecule has 0 spiro atoms. The van der Waals surface area contributed by atoms with Gasteiger partial charge >= 0.3 is 0 Å². The van der Waals surface area contributed by atoms with Gasteiger partial charge in [0.25, 0.3) is 0 Å². The third-order valence-electron chi connectivity index (χ3n) is 5.33. The van der Waals surface area contributed by atoms with Gasteiger partial charge in [-0.2, -0.15) is 4.98 Å². The molecule has 1 fully saturated rings. The second-order valence-electron chi connectivity index (χ2n) is 7.84. The third-order valence-corrected chi connectivity index (χ3v) is 5.33. The fraction of sp³-hybridized carbons (Fsp3) is 0.333. The first-order chi connectivity index (χ1) is 15.9. The second-order valence-corrected chi connectivity index (χ2v) is 7.84. The van der Waals surface area contributed by atoms with Crippen LogP contribution in [0.5, 0.6) is 0 Å². The highest BCUT2D eigenvalue weighted by molar-refractivity contribution is 5.88. The van der Waals surface area contributed by atoms with Crippen LogP contribution >= 0.6 is 0 Å². The zero-order valence-electron chi connectivity index (χ0n) is 19.0. The lowest BCUT2D eigenvalue weighted by Gasteiger charge is -2.14. The molecular weight excluding hydrogens is 422 g/mol. The maximum Gasteiger partial charge on any atom is 0.246 e. The number of aldehydes is 1. The molecular formula is C24H29N5O4. The van der Waals surface area contributed by atoms with Gasteiger partial charge in [-0.15, -0.1) is 0 Å². The summed E-state index contributed by atoms with van der Waals surface area (Å²) in [7, 11) is 3.47. The van der Waals surface area contributed by atoms with Crippen molar-refractivity contribution in [1.82, 2.24) is 15.0 Å². The number of carbonyl (C=O) groups excluding carboxylic acids is 1. The van der Waals surface area contributed by atoms with E-state index in [9.17, 15) is 9.90 Å². The molecule has 1 aromatic heterocycles. The predicted octanol–water partition coefficient (Wildman–Crippen LogP) is 3.00. The van der Waals surface area contributed by atoms with Crippen molar-refractivity contribution in [1.29, 1.82) is 0 Å². The number of rotatable bonds is 6. The van der Waals surface area contributed by atoms with Crippen LogP contribution in [0.3, 0.4) is 0 Å². The maximum atomic E-state index is 10.5. The number of nitrogens with zero attached hydrogens (tertiary/aromatic N) is 4. The Balaban J connectivity index is 0.000000194. The number of aliphatic hydroxyl groups excluding tert-OH is 1. The van der Waals surface area contributed by atoms with E-state index in [-0.39, 0.29) is 11.9 Å². The molecule has 2 heterocycles.